The number of allylic oxidation sites excluding steroid dienone is 1. The lowest BCUT2D eigenvalue weighted by Crippen LogP contribution is -2.60. The van der Waals surface area contributed by atoms with Gasteiger partial charge in [-0.1, -0.05) is 30.4 Å². The summed E-state index contributed by atoms with van der Waals surface area (Å²) in [6.07, 6.45) is -6.93. The Labute approximate surface area is 278 Å². The van der Waals surface area contributed by atoms with Crippen LogP contribution in [-0.4, -0.2) is 82.1 Å². The van der Waals surface area contributed by atoms with E-state index in [0.29, 0.717) is 28.6 Å². The summed E-state index contributed by atoms with van der Waals surface area (Å²) in [5, 5.41) is 13.3. The second kappa shape index (κ2) is 12.6. The van der Waals surface area contributed by atoms with E-state index in [9.17, 15) is 45.8 Å². The average molecular weight is 699 g/mol. The van der Waals surface area contributed by atoms with Crippen LogP contribution in [0.4, 0.5) is 36.8 Å². The molecule has 3 aliphatic rings. The SMILES string of the molecule is CC=Cc1cc(C(O)(C(F)(F)F)C(F)(F)F)ccc1N1CC(C)N(C(=O)CN2C(=O)N[C@](C)(c3ccc(SC4CC4)cc3)C2=O)CC1C. The van der Waals surface area contributed by atoms with Crippen molar-refractivity contribution in [2.45, 2.75) is 86.3 Å². The molecule has 1 aliphatic carbocycles. The van der Waals surface area contributed by atoms with Crippen molar-refractivity contribution in [2.75, 3.05) is 24.5 Å². The van der Waals surface area contributed by atoms with E-state index in [0.717, 1.165) is 15.9 Å². The Morgan fingerprint density at radius 2 is 1.62 bits per heavy atom. The van der Waals surface area contributed by atoms with Crippen LogP contribution < -0.4 is 10.2 Å². The third-order valence-electron chi connectivity index (χ3n) is 9.05. The summed E-state index contributed by atoms with van der Waals surface area (Å²) in [6, 6.07) is 8.06. The summed E-state index contributed by atoms with van der Waals surface area (Å²) in [5.74, 6) is -1.07. The highest BCUT2D eigenvalue weighted by Crippen LogP contribution is 2.51. The molecule has 2 aromatic carbocycles. The molecule has 1 saturated carbocycles. The number of alkyl halides is 6. The predicted octanol–water partition coefficient (Wildman–Crippen LogP) is 6.18. The minimum atomic E-state index is -6.03. The number of thioether (sulfide) groups is 1. The van der Waals surface area contributed by atoms with Crippen molar-refractivity contribution in [3.05, 3.63) is 65.2 Å². The number of aliphatic hydroxyl groups is 1. The van der Waals surface area contributed by atoms with Gasteiger partial charge in [-0.3, -0.25) is 14.5 Å². The molecule has 2 aliphatic heterocycles. The summed E-state index contributed by atoms with van der Waals surface area (Å²) < 4.78 is 81.5. The predicted molar refractivity (Wildman–Crippen MR) is 168 cm³/mol. The van der Waals surface area contributed by atoms with Gasteiger partial charge in [0.05, 0.1) is 0 Å². The Bertz CT molecular complexity index is 1600. The molecule has 2 heterocycles. The Morgan fingerprint density at radius 1 is 1.00 bits per heavy atom. The number of rotatable bonds is 8. The van der Waals surface area contributed by atoms with Gasteiger partial charge in [0.15, 0.2) is 0 Å². The van der Waals surface area contributed by atoms with Gasteiger partial charge in [-0.2, -0.15) is 26.3 Å². The Morgan fingerprint density at radius 3 is 2.19 bits per heavy atom. The van der Waals surface area contributed by atoms with Gasteiger partial charge in [0.1, 0.15) is 12.1 Å². The van der Waals surface area contributed by atoms with Gasteiger partial charge in [-0.25, -0.2) is 4.79 Å². The first-order valence-corrected chi connectivity index (χ1v) is 16.3. The van der Waals surface area contributed by atoms with Gasteiger partial charge >= 0.3 is 18.4 Å². The highest BCUT2D eigenvalue weighted by Gasteiger charge is 2.71. The van der Waals surface area contributed by atoms with Crippen molar-refractivity contribution in [1.82, 2.24) is 15.1 Å². The summed E-state index contributed by atoms with van der Waals surface area (Å²) in [7, 11) is 0. The molecule has 2 aromatic rings. The Kier molecular flexibility index (Phi) is 9.36. The van der Waals surface area contributed by atoms with Crippen molar-refractivity contribution in [3.8, 4) is 0 Å². The first-order valence-electron chi connectivity index (χ1n) is 15.4. The van der Waals surface area contributed by atoms with E-state index in [2.05, 4.69) is 5.32 Å². The number of hydrogen-bond acceptors (Lipinski definition) is 6. The molecule has 3 atom stereocenters. The van der Waals surface area contributed by atoms with Crippen LogP contribution in [0, 0.1) is 0 Å². The third-order valence-corrected chi connectivity index (χ3v) is 10.4. The number of carbonyl (C=O) groups is 3. The maximum absolute atomic E-state index is 13.6. The molecule has 8 nitrogen and oxygen atoms in total. The van der Waals surface area contributed by atoms with E-state index in [1.54, 1.807) is 56.5 Å². The second-order valence-corrected chi connectivity index (χ2v) is 14.0. The summed E-state index contributed by atoms with van der Waals surface area (Å²) in [5.41, 5.74) is -6.91. The molecule has 2 saturated heterocycles. The first-order chi connectivity index (χ1) is 22.3. The number of carbonyl (C=O) groups excluding carboxylic acids is 3. The number of imide groups is 1. The van der Waals surface area contributed by atoms with E-state index in [1.165, 1.54) is 29.9 Å². The fourth-order valence-corrected chi connectivity index (χ4v) is 7.21. The van der Waals surface area contributed by atoms with E-state index >= 15 is 0 Å². The number of amides is 4. The van der Waals surface area contributed by atoms with Gasteiger partial charge in [0, 0.05) is 46.6 Å². The molecule has 2 N–H and O–H groups in total. The summed E-state index contributed by atoms with van der Waals surface area (Å²) >= 11 is 1.76. The van der Waals surface area contributed by atoms with Crippen LogP contribution in [0.25, 0.3) is 6.08 Å². The van der Waals surface area contributed by atoms with Crippen LogP contribution >= 0.6 is 11.8 Å². The van der Waals surface area contributed by atoms with Gasteiger partial charge in [0.2, 0.25) is 5.91 Å². The normalized spacial score (nSPS) is 24.1. The van der Waals surface area contributed by atoms with Crippen LogP contribution in [0.5, 0.6) is 0 Å². The molecule has 0 spiro atoms. The lowest BCUT2D eigenvalue weighted by atomic mass is 9.89. The zero-order chi connectivity index (χ0) is 35.4. The smallest absolute Gasteiger partial charge is 0.369 e. The van der Waals surface area contributed by atoms with Crippen molar-refractivity contribution in [1.29, 1.82) is 0 Å². The highest BCUT2D eigenvalue weighted by molar-refractivity contribution is 8.00. The molecule has 2 unspecified atom stereocenters. The van der Waals surface area contributed by atoms with E-state index in [-0.39, 0.29) is 18.7 Å². The molecular formula is C33H36F6N4O4S. The molecule has 48 heavy (non-hydrogen) atoms. The summed E-state index contributed by atoms with van der Waals surface area (Å²) in [6.45, 7) is 6.29. The number of urea groups is 1. The van der Waals surface area contributed by atoms with Gasteiger partial charge in [0.25, 0.3) is 11.5 Å². The van der Waals surface area contributed by atoms with Gasteiger partial charge in [-0.15, -0.1) is 11.8 Å². The molecule has 0 aromatic heterocycles. The largest absolute Gasteiger partial charge is 0.430 e. The lowest BCUT2D eigenvalue weighted by Gasteiger charge is -2.46. The molecular weight excluding hydrogens is 662 g/mol. The highest BCUT2D eigenvalue weighted by atomic mass is 32.2. The number of piperazine rings is 1. The topological polar surface area (TPSA) is 93.2 Å². The van der Waals surface area contributed by atoms with Crippen molar-refractivity contribution >= 4 is 41.4 Å². The monoisotopic (exact) mass is 698 g/mol. The summed E-state index contributed by atoms with van der Waals surface area (Å²) in [4.78, 5) is 45.2. The molecule has 0 bridgehead atoms. The van der Waals surface area contributed by atoms with Crippen LogP contribution in [0.15, 0.2) is 53.4 Å². The molecule has 3 fully saturated rings. The van der Waals surface area contributed by atoms with Crippen LogP contribution in [0.1, 0.15) is 57.2 Å². The number of nitrogens with one attached hydrogen (secondary N) is 1. The molecule has 0 radical (unpaired) electrons. The molecule has 5 rings (SSSR count). The maximum atomic E-state index is 13.6. The van der Waals surface area contributed by atoms with Crippen LogP contribution in [0.3, 0.4) is 0 Å². The number of nitrogens with zero attached hydrogens (tertiary/aromatic N) is 3. The van der Waals surface area contributed by atoms with E-state index in [4.69, 9.17) is 0 Å². The van der Waals surface area contributed by atoms with E-state index in [1.807, 2.05) is 12.1 Å². The number of benzene rings is 2. The quantitative estimate of drug-likeness (QED) is 0.253. The fourth-order valence-electron chi connectivity index (χ4n) is 6.16. The zero-order valence-corrected chi connectivity index (χ0v) is 27.5. The lowest BCUT2D eigenvalue weighted by molar-refractivity contribution is -0.376. The van der Waals surface area contributed by atoms with Crippen LogP contribution in [0.2, 0.25) is 0 Å². The van der Waals surface area contributed by atoms with Crippen molar-refractivity contribution < 1.29 is 45.8 Å². The second-order valence-electron chi connectivity index (χ2n) is 12.7. The Hall–Kier alpha value is -3.72. The van der Waals surface area contributed by atoms with Crippen molar-refractivity contribution in [2.24, 2.45) is 0 Å². The number of hydrogen-bond donors (Lipinski definition) is 2. The van der Waals surface area contributed by atoms with Gasteiger partial charge < -0.3 is 20.2 Å². The van der Waals surface area contributed by atoms with Gasteiger partial charge in [-0.05, 0) is 75.9 Å². The number of halogens is 6. The van der Waals surface area contributed by atoms with Crippen molar-refractivity contribution in [3.63, 3.8) is 0 Å². The minimum absolute atomic E-state index is 0.0125. The van der Waals surface area contributed by atoms with E-state index < -0.39 is 65.5 Å². The minimum Gasteiger partial charge on any atom is -0.369 e. The number of anilines is 1. The standard InChI is InChI=1S/C33H36F6N4O4S/c1-5-6-21-15-23(31(47,32(34,35)36)33(37,38)39)9-14-26(21)41-16-20(3)42(17-19(41)2)27(44)18-43-28(45)30(4,40-29(43)46)22-7-10-24(11-8-22)48-25-12-13-25/h5-11,14-15,19-20,25,47H,12-13,16-18H2,1-4H3,(H,40,46)/t19?,20?,30-/m1/s1. The third kappa shape index (κ3) is 6.38. The zero-order valence-electron chi connectivity index (χ0n) is 26.7. The molecule has 4 amide bonds. The molecule has 260 valence electrons. The average Bonchev–Trinajstić information content (AvgIpc) is 3.79. The first kappa shape index (κ1) is 35.6. The Balaban J connectivity index is 1.31. The van der Waals surface area contributed by atoms with Crippen LogP contribution in [-0.2, 0) is 20.7 Å². The maximum Gasteiger partial charge on any atom is 0.430 e. The fraction of sp³-hybridized carbons (Fsp3) is 0.485. The molecule has 15 heteroatoms.